The predicted octanol–water partition coefficient (Wildman–Crippen LogP) is 3.75. The van der Waals surface area contributed by atoms with Gasteiger partial charge in [-0.25, -0.2) is 0 Å². The zero-order valence-corrected chi connectivity index (χ0v) is 13.5. The zero-order valence-electron chi connectivity index (χ0n) is 11.9. The van der Waals surface area contributed by atoms with E-state index in [0.717, 1.165) is 42.9 Å². The van der Waals surface area contributed by atoms with Crippen LogP contribution in [0, 0.1) is 0 Å². The number of ether oxygens (including phenoxy) is 2. The summed E-state index contributed by atoms with van der Waals surface area (Å²) in [5, 5.41) is 3.34. The van der Waals surface area contributed by atoms with E-state index < -0.39 is 0 Å². The first kappa shape index (κ1) is 16.5. The highest BCUT2D eigenvalue weighted by Crippen LogP contribution is 2.22. The molecule has 19 heavy (non-hydrogen) atoms. The van der Waals surface area contributed by atoms with E-state index in [1.54, 1.807) is 7.11 Å². The van der Waals surface area contributed by atoms with Gasteiger partial charge in [0.15, 0.2) is 0 Å². The standard InChI is InChI=1S/C15H24BrNO2/c1-3-4-5-9-19-14-6-7-15(16)13(11-14)12-17-8-10-18-2/h6-7,11,17H,3-5,8-10,12H2,1-2H3. The molecule has 0 radical (unpaired) electrons. The van der Waals surface area contributed by atoms with Crippen molar-refractivity contribution in [1.29, 1.82) is 0 Å². The summed E-state index contributed by atoms with van der Waals surface area (Å²) < 4.78 is 11.9. The van der Waals surface area contributed by atoms with Crippen molar-refractivity contribution in [2.75, 3.05) is 26.9 Å². The molecule has 0 aliphatic heterocycles. The van der Waals surface area contributed by atoms with Gasteiger partial charge in [-0.05, 0) is 30.2 Å². The minimum atomic E-state index is 0.727. The van der Waals surface area contributed by atoms with Crippen molar-refractivity contribution < 1.29 is 9.47 Å². The van der Waals surface area contributed by atoms with Crippen LogP contribution in [-0.4, -0.2) is 26.9 Å². The van der Waals surface area contributed by atoms with Gasteiger partial charge >= 0.3 is 0 Å². The molecule has 1 aromatic carbocycles. The average Bonchev–Trinajstić information content (AvgIpc) is 2.42. The lowest BCUT2D eigenvalue weighted by Gasteiger charge is -2.10. The third kappa shape index (κ3) is 6.95. The lowest BCUT2D eigenvalue weighted by molar-refractivity contribution is 0.199. The summed E-state index contributed by atoms with van der Waals surface area (Å²) in [6.45, 7) is 5.39. The SMILES string of the molecule is CCCCCOc1ccc(Br)c(CNCCOC)c1. The van der Waals surface area contributed by atoms with E-state index in [1.807, 2.05) is 12.1 Å². The summed E-state index contributed by atoms with van der Waals surface area (Å²) in [5.74, 6) is 0.947. The third-order valence-electron chi connectivity index (χ3n) is 2.83. The summed E-state index contributed by atoms with van der Waals surface area (Å²) in [4.78, 5) is 0. The van der Waals surface area contributed by atoms with Crippen molar-refractivity contribution in [3.63, 3.8) is 0 Å². The highest BCUT2D eigenvalue weighted by Gasteiger charge is 2.02. The van der Waals surface area contributed by atoms with Crippen LogP contribution in [0.5, 0.6) is 5.75 Å². The first-order valence-corrected chi connectivity index (χ1v) is 7.68. The molecule has 0 aromatic heterocycles. The molecule has 0 saturated heterocycles. The fourth-order valence-corrected chi connectivity index (χ4v) is 2.10. The van der Waals surface area contributed by atoms with E-state index in [0.29, 0.717) is 0 Å². The second-order valence-corrected chi connectivity index (χ2v) is 5.33. The lowest BCUT2D eigenvalue weighted by Crippen LogP contribution is -2.18. The van der Waals surface area contributed by atoms with E-state index in [2.05, 4.69) is 34.2 Å². The summed E-state index contributed by atoms with van der Waals surface area (Å²) in [7, 11) is 1.71. The van der Waals surface area contributed by atoms with E-state index in [-0.39, 0.29) is 0 Å². The molecule has 0 bridgehead atoms. The molecule has 4 heteroatoms. The summed E-state index contributed by atoms with van der Waals surface area (Å²) >= 11 is 3.57. The van der Waals surface area contributed by atoms with Gasteiger partial charge < -0.3 is 14.8 Å². The van der Waals surface area contributed by atoms with Crippen LogP contribution < -0.4 is 10.1 Å². The van der Waals surface area contributed by atoms with Crippen molar-refractivity contribution in [2.45, 2.75) is 32.7 Å². The molecule has 108 valence electrons. The minimum Gasteiger partial charge on any atom is -0.494 e. The van der Waals surface area contributed by atoms with Crippen LogP contribution in [0.25, 0.3) is 0 Å². The molecule has 0 amide bonds. The van der Waals surface area contributed by atoms with Gasteiger partial charge in [-0.3, -0.25) is 0 Å². The molecule has 0 saturated carbocycles. The zero-order chi connectivity index (χ0) is 13.9. The van der Waals surface area contributed by atoms with Crippen molar-refractivity contribution >= 4 is 15.9 Å². The van der Waals surface area contributed by atoms with E-state index in [4.69, 9.17) is 9.47 Å². The maximum absolute atomic E-state index is 5.76. The van der Waals surface area contributed by atoms with Crippen LogP contribution >= 0.6 is 15.9 Å². The van der Waals surface area contributed by atoms with Gasteiger partial charge in [0.2, 0.25) is 0 Å². The number of unbranched alkanes of at least 4 members (excludes halogenated alkanes) is 2. The molecular weight excluding hydrogens is 306 g/mol. The smallest absolute Gasteiger partial charge is 0.119 e. The van der Waals surface area contributed by atoms with E-state index in [1.165, 1.54) is 18.4 Å². The van der Waals surface area contributed by atoms with Crippen molar-refractivity contribution in [3.8, 4) is 5.75 Å². The molecule has 1 N–H and O–H groups in total. The number of rotatable bonds is 10. The normalized spacial score (nSPS) is 10.7. The third-order valence-corrected chi connectivity index (χ3v) is 3.61. The van der Waals surface area contributed by atoms with E-state index >= 15 is 0 Å². The summed E-state index contributed by atoms with van der Waals surface area (Å²) in [5.41, 5.74) is 1.21. The van der Waals surface area contributed by atoms with Crippen molar-refractivity contribution in [3.05, 3.63) is 28.2 Å². The van der Waals surface area contributed by atoms with Gasteiger partial charge in [-0.15, -0.1) is 0 Å². The maximum atomic E-state index is 5.76. The Morgan fingerprint density at radius 1 is 1.21 bits per heavy atom. The molecule has 0 unspecified atom stereocenters. The number of benzene rings is 1. The Labute approximate surface area is 124 Å². The van der Waals surface area contributed by atoms with Gasteiger partial charge in [0.25, 0.3) is 0 Å². The highest BCUT2D eigenvalue weighted by molar-refractivity contribution is 9.10. The maximum Gasteiger partial charge on any atom is 0.119 e. The van der Waals surface area contributed by atoms with Gasteiger partial charge in [-0.2, -0.15) is 0 Å². The molecular formula is C15H24BrNO2. The molecule has 0 aliphatic rings. The number of halogens is 1. The van der Waals surface area contributed by atoms with Crippen LogP contribution in [0.15, 0.2) is 22.7 Å². The molecule has 0 spiro atoms. The topological polar surface area (TPSA) is 30.5 Å². The summed E-state index contributed by atoms with van der Waals surface area (Å²) in [6, 6.07) is 6.15. The van der Waals surface area contributed by atoms with Crippen LogP contribution in [0.4, 0.5) is 0 Å². The molecule has 1 rings (SSSR count). The first-order chi connectivity index (χ1) is 9.27. The largest absolute Gasteiger partial charge is 0.494 e. The Bertz CT molecular complexity index is 358. The van der Waals surface area contributed by atoms with Crippen molar-refractivity contribution in [2.24, 2.45) is 0 Å². The Balaban J connectivity index is 2.42. The molecule has 0 fully saturated rings. The Kier molecular flexibility index (Phi) is 8.88. The van der Waals surface area contributed by atoms with Crippen molar-refractivity contribution in [1.82, 2.24) is 5.32 Å². The Morgan fingerprint density at radius 3 is 2.79 bits per heavy atom. The average molecular weight is 330 g/mol. The van der Waals surface area contributed by atoms with Gasteiger partial charge in [0.1, 0.15) is 5.75 Å². The van der Waals surface area contributed by atoms with Gasteiger partial charge in [-0.1, -0.05) is 35.7 Å². The molecule has 0 heterocycles. The highest BCUT2D eigenvalue weighted by atomic mass is 79.9. The van der Waals surface area contributed by atoms with E-state index in [9.17, 15) is 0 Å². The van der Waals surface area contributed by atoms with Gasteiger partial charge in [0.05, 0.1) is 13.2 Å². The Hall–Kier alpha value is -0.580. The number of nitrogens with one attached hydrogen (secondary N) is 1. The van der Waals surface area contributed by atoms with Crippen LogP contribution in [0.1, 0.15) is 31.7 Å². The number of hydrogen-bond donors (Lipinski definition) is 1. The minimum absolute atomic E-state index is 0.727. The van der Waals surface area contributed by atoms with Gasteiger partial charge in [0, 0.05) is 24.7 Å². The molecule has 0 aliphatic carbocycles. The summed E-state index contributed by atoms with van der Waals surface area (Å²) in [6.07, 6.45) is 3.56. The Morgan fingerprint density at radius 2 is 2.05 bits per heavy atom. The number of methoxy groups -OCH3 is 1. The monoisotopic (exact) mass is 329 g/mol. The number of hydrogen-bond acceptors (Lipinski definition) is 3. The molecule has 1 aromatic rings. The molecule has 0 atom stereocenters. The van der Waals surface area contributed by atoms with Crippen LogP contribution in [0.2, 0.25) is 0 Å². The quantitative estimate of drug-likeness (QED) is 0.663. The van der Waals surface area contributed by atoms with Crippen LogP contribution in [0.3, 0.4) is 0 Å². The fraction of sp³-hybridized carbons (Fsp3) is 0.600. The fourth-order valence-electron chi connectivity index (χ4n) is 1.72. The predicted molar refractivity (Wildman–Crippen MR) is 82.7 cm³/mol. The second-order valence-electron chi connectivity index (χ2n) is 4.48. The first-order valence-electron chi connectivity index (χ1n) is 6.88. The van der Waals surface area contributed by atoms with Crippen LogP contribution in [-0.2, 0) is 11.3 Å². The molecule has 3 nitrogen and oxygen atoms in total. The lowest BCUT2D eigenvalue weighted by atomic mass is 10.2. The second kappa shape index (κ2) is 10.2.